The van der Waals surface area contributed by atoms with Crippen molar-refractivity contribution in [1.82, 2.24) is 5.32 Å². The monoisotopic (exact) mass is 159 g/mol. The van der Waals surface area contributed by atoms with Gasteiger partial charge in [0.2, 0.25) is 5.91 Å². The van der Waals surface area contributed by atoms with Crippen molar-refractivity contribution in [3.05, 3.63) is 0 Å². The number of rotatable bonds is 3. The van der Waals surface area contributed by atoms with Crippen LogP contribution in [0.3, 0.4) is 0 Å². The molecule has 1 saturated heterocycles. The molecule has 0 aromatic rings. The van der Waals surface area contributed by atoms with E-state index in [-0.39, 0.29) is 24.5 Å². The van der Waals surface area contributed by atoms with Crippen LogP contribution in [-0.4, -0.2) is 37.4 Å². The Morgan fingerprint density at radius 3 is 3.09 bits per heavy atom. The number of aliphatic hydroxyl groups excluding tert-OH is 1. The van der Waals surface area contributed by atoms with Gasteiger partial charge in [0.25, 0.3) is 0 Å². The van der Waals surface area contributed by atoms with Gasteiger partial charge in [0.05, 0.1) is 19.3 Å². The van der Waals surface area contributed by atoms with Crippen LogP contribution in [-0.2, 0) is 9.53 Å². The maximum Gasteiger partial charge on any atom is 0.220 e. The van der Waals surface area contributed by atoms with E-state index in [9.17, 15) is 4.79 Å². The average Bonchev–Trinajstić information content (AvgIpc) is 2.32. The third kappa shape index (κ3) is 1.91. The second kappa shape index (κ2) is 3.69. The van der Waals surface area contributed by atoms with Crippen molar-refractivity contribution >= 4 is 5.91 Å². The van der Waals surface area contributed by atoms with E-state index in [1.54, 1.807) is 7.11 Å². The van der Waals surface area contributed by atoms with Crippen LogP contribution in [0.4, 0.5) is 0 Å². The number of hydrogen-bond acceptors (Lipinski definition) is 3. The zero-order chi connectivity index (χ0) is 8.27. The normalized spacial score (nSPS) is 30.5. The van der Waals surface area contributed by atoms with E-state index in [1.165, 1.54) is 0 Å². The molecule has 4 nitrogen and oxygen atoms in total. The van der Waals surface area contributed by atoms with Crippen molar-refractivity contribution in [2.45, 2.75) is 12.5 Å². The standard InChI is InChI=1S/C7H13NO3/c1-11-4-5-2-7(10)8-6(5)3-9/h5-6,9H,2-4H2,1H3,(H,8,10)/t5-,6+/m0/s1. The lowest BCUT2D eigenvalue weighted by atomic mass is 10.0. The highest BCUT2D eigenvalue weighted by molar-refractivity contribution is 5.79. The minimum atomic E-state index is -0.109. The molecule has 1 aliphatic heterocycles. The van der Waals surface area contributed by atoms with Gasteiger partial charge in [-0.05, 0) is 0 Å². The van der Waals surface area contributed by atoms with E-state index in [0.29, 0.717) is 13.0 Å². The fourth-order valence-corrected chi connectivity index (χ4v) is 1.35. The van der Waals surface area contributed by atoms with Crippen LogP contribution in [0.25, 0.3) is 0 Å². The Kier molecular flexibility index (Phi) is 2.84. The number of methoxy groups -OCH3 is 1. The summed E-state index contributed by atoms with van der Waals surface area (Å²) >= 11 is 0. The third-order valence-electron chi connectivity index (χ3n) is 1.94. The van der Waals surface area contributed by atoms with Crippen LogP contribution in [0.5, 0.6) is 0 Å². The summed E-state index contributed by atoms with van der Waals surface area (Å²) < 4.78 is 4.90. The van der Waals surface area contributed by atoms with Crippen molar-refractivity contribution in [2.24, 2.45) is 5.92 Å². The van der Waals surface area contributed by atoms with Crippen LogP contribution in [0, 0.1) is 5.92 Å². The van der Waals surface area contributed by atoms with E-state index in [0.717, 1.165) is 0 Å². The molecule has 0 radical (unpaired) electrons. The van der Waals surface area contributed by atoms with E-state index in [2.05, 4.69) is 5.32 Å². The van der Waals surface area contributed by atoms with Crippen LogP contribution < -0.4 is 5.32 Å². The lowest BCUT2D eigenvalue weighted by molar-refractivity contribution is -0.119. The van der Waals surface area contributed by atoms with E-state index in [1.807, 2.05) is 0 Å². The van der Waals surface area contributed by atoms with Gasteiger partial charge in [-0.25, -0.2) is 0 Å². The zero-order valence-electron chi connectivity index (χ0n) is 6.54. The summed E-state index contributed by atoms with van der Waals surface area (Å²) in [6.45, 7) is 0.531. The van der Waals surface area contributed by atoms with Crippen LogP contribution >= 0.6 is 0 Å². The molecule has 1 aliphatic rings. The largest absolute Gasteiger partial charge is 0.394 e. The highest BCUT2D eigenvalue weighted by Crippen LogP contribution is 2.15. The molecule has 4 heteroatoms. The van der Waals surface area contributed by atoms with Gasteiger partial charge >= 0.3 is 0 Å². The highest BCUT2D eigenvalue weighted by atomic mass is 16.5. The molecule has 1 rings (SSSR count). The van der Waals surface area contributed by atoms with Crippen molar-refractivity contribution in [1.29, 1.82) is 0 Å². The van der Waals surface area contributed by atoms with Crippen molar-refractivity contribution in [3.8, 4) is 0 Å². The lowest BCUT2D eigenvalue weighted by Crippen LogP contribution is -2.33. The fraction of sp³-hybridized carbons (Fsp3) is 0.857. The number of amides is 1. The molecule has 2 N–H and O–H groups in total. The van der Waals surface area contributed by atoms with Crippen molar-refractivity contribution < 1.29 is 14.6 Å². The maximum absolute atomic E-state index is 10.8. The number of hydrogen-bond donors (Lipinski definition) is 2. The quantitative estimate of drug-likeness (QED) is 0.562. The molecular weight excluding hydrogens is 146 g/mol. The summed E-state index contributed by atoms with van der Waals surface area (Å²) in [5.41, 5.74) is 0. The molecule has 0 bridgehead atoms. The highest BCUT2D eigenvalue weighted by Gasteiger charge is 2.31. The van der Waals surface area contributed by atoms with E-state index in [4.69, 9.17) is 9.84 Å². The molecule has 1 heterocycles. The Morgan fingerprint density at radius 1 is 1.82 bits per heavy atom. The van der Waals surface area contributed by atoms with Gasteiger partial charge < -0.3 is 15.2 Å². The van der Waals surface area contributed by atoms with Gasteiger partial charge in [0.1, 0.15) is 0 Å². The summed E-state index contributed by atoms with van der Waals surface area (Å²) in [6.07, 6.45) is 0.471. The molecule has 0 aromatic carbocycles. The minimum absolute atomic E-state index is 0.000231. The predicted octanol–water partition coefficient (Wildman–Crippen LogP) is -0.870. The summed E-state index contributed by atoms with van der Waals surface area (Å²) in [5, 5.41) is 11.5. The number of aliphatic hydroxyl groups is 1. The second-order valence-electron chi connectivity index (χ2n) is 2.78. The lowest BCUT2D eigenvalue weighted by Gasteiger charge is -2.14. The molecule has 0 spiro atoms. The Balaban J connectivity index is 2.43. The first-order valence-electron chi connectivity index (χ1n) is 3.67. The first kappa shape index (κ1) is 8.49. The Morgan fingerprint density at radius 2 is 2.55 bits per heavy atom. The first-order valence-corrected chi connectivity index (χ1v) is 3.67. The Hall–Kier alpha value is -0.610. The van der Waals surface area contributed by atoms with Gasteiger partial charge in [-0.3, -0.25) is 4.79 Å². The molecule has 1 amide bonds. The molecule has 0 unspecified atom stereocenters. The van der Waals surface area contributed by atoms with E-state index < -0.39 is 0 Å². The fourth-order valence-electron chi connectivity index (χ4n) is 1.35. The Labute approximate surface area is 65.5 Å². The van der Waals surface area contributed by atoms with Gasteiger partial charge in [0.15, 0.2) is 0 Å². The van der Waals surface area contributed by atoms with Crippen LogP contribution in [0.2, 0.25) is 0 Å². The molecule has 0 aliphatic carbocycles. The summed E-state index contributed by atoms with van der Waals surface area (Å²) in [7, 11) is 1.59. The summed E-state index contributed by atoms with van der Waals surface area (Å²) in [6, 6.07) is -0.109. The SMILES string of the molecule is COC[C@@H]1CC(=O)N[C@@H]1CO. The molecule has 11 heavy (non-hydrogen) atoms. The summed E-state index contributed by atoms with van der Waals surface area (Å²) in [4.78, 5) is 10.8. The zero-order valence-corrected chi connectivity index (χ0v) is 6.54. The van der Waals surface area contributed by atoms with Gasteiger partial charge in [-0.2, -0.15) is 0 Å². The van der Waals surface area contributed by atoms with Gasteiger partial charge in [0, 0.05) is 19.4 Å². The Bertz CT molecular complexity index is 149. The van der Waals surface area contributed by atoms with E-state index >= 15 is 0 Å². The molecule has 64 valence electrons. The smallest absolute Gasteiger partial charge is 0.220 e. The molecular formula is C7H13NO3. The minimum Gasteiger partial charge on any atom is -0.394 e. The van der Waals surface area contributed by atoms with Crippen molar-refractivity contribution in [2.75, 3.05) is 20.3 Å². The van der Waals surface area contributed by atoms with Crippen LogP contribution in [0.15, 0.2) is 0 Å². The molecule has 0 saturated carbocycles. The molecule has 2 atom stereocenters. The maximum atomic E-state index is 10.8. The van der Waals surface area contributed by atoms with Crippen LogP contribution in [0.1, 0.15) is 6.42 Å². The first-order chi connectivity index (χ1) is 5.27. The number of nitrogens with one attached hydrogen (secondary N) is 1. The predicted molar refractivity (Wildman–Crippen MR) is 39.0 cm³/mol. The van der Waals surface area contributed by atoms with Gasteiger partial charge in [-0.1, -0.05) is 0 Å². The average molecular weight is 159 g/mol. The van der Waals surface area contributed by atoms with Gasteiger partial charge in [-0.15, -0.1) is 0 Å². The molecule has 1 fully saturated rings. The summed E-state index contributed by atoms with van der Waals surface area (Å²) in [5.74, 6) is 0.142. The number of ether oxygens (including phenoxy) is 1. The number of carbonyl (C=O) groups excluding carboxylic acids is 1. The second-order valence-corrected chi connectivity index (χ2v) is 2.78. The molecule has 0 aromatic heterocycles. The number of carbonyl (C=O) groups is 1. The third-order valence-corrected chi connectivity index (χ3v) is 1.94. The van der Waals surface area contributed by atoms with Crippen molar-refractivity contribution in [3.63, 3.8) is 0 Å². The topological polar surface area (TPSA) is 58.6 Å².